The largest absolute Gasteiger partial charge is 0.486 e. The van der Waals surface area contributed by atoms with Crippen molar-refractivity contribution in [3.05, 3.63) is 52.8 Å². The molecule has 1 aromatic carbocycles. The Balaban J connectivity index is 1.35. The second-order valence-corrected chi connectivity index (χ2v) is 6.54. The molecule has 3 heterocycles. The van der Waals surface area contributed by atoms with Crippen molar-refractivity contribution >= 4 is 39.9 Å². The molecular formula is C17H13ClN2O4S. The Labute approximate surface area is 152 Å². The second-order valence-electron chi connectivity index (χ2n) is 5.30. The number of imidazole rings is 1. The molecule has 1 unspecified atom stereocenters. The fraction of sp³-hybridized carbons (Fsp3) is 0.176. The van der Waals surface area contributed by atoms with Gasteiger partial charge in [-0.05, 0) is 18.2 Å². The number of carbonyl (C=O) groups is 1. The minimum Gasteiger partial charge on any atom is -0.486 e. The minimum absolute atomic E-state index is 0.103. The highest BCUT2D eigenvalue weighted by Crippen LogP contribution is 2.30. The van der Waals surface area contributed by atoms with Crippen LogP contribution in [0.5, 0.6) is 11.5 Å². The molecule has 0 saturated carbocycles. The highest BCUT2D eigenvalue weighted by atomic mass is 35.5. The van der Waals surface area contributed by atoms with E-state index in [4.69, 9.17) is 25.8 Å². The number of aromatic nitrogens is 2. The summed E-state index contributed by atoms with van der Waals surface area (Å²) in [6.45, 7) is 0.434. The molecule has 0 radical (unpaired) electrons. The van der Waals surface area contributed by atoms with Crippen molar-refractivity contribution in [1.82, 2.24) is 9.38 Å². The first-order chi connectivity index (χ1) is 12.2. The van der Waals surface area contributed by atoms with Crippen LogP contribution in [-0.2, 0) is 9.53 Å². The molecule has 6 nitrogen and oxygen atoms in total. The molecule has 0 spiro atoms. The molecule has 0 bridgehead atoms. The third-order valence-electron chi connectivity index (χ3n) is 3.61. The van der Waals surface area contributed by atoms with Crippen LogP contribution in [0.4, 0.5) is 0 Å². The average molecular weight is 377 g/mol. The smallest absolute Gasteiger partial charge is 0.330 e. The molecule has 3 aromatic rings. The van der Waals surface area contributed by atoms with Crippen LogP contribution in [0.25, 0.3) is 11.0 Å². The number of hydrogen-bond donors (Lipinski definition) is 0. The summed E-state index contributed by atoms with van der Waals surface area (Å²) in [4.78, 5) is 16.9. The zero-order chi connectivity index (χ0) is 17.2. The normalized spacial score (nSPS) is 16.4. The van der Waals surface area contributed by atoms with Crippen LogP contribution in [0.3, 0.4) is 0 Å². The zero-order valence-electron chi connectivity index (χ0n) is 12.9. The maximum absolute atomic E-state index is 11.9. The Hall–Kier alpha value is -2.51. The summed E-state index contributed by atoms with van der Waals surface area (Å²) >= 11 is 7.54. The Morgan fingerprint density at radius 2 is 2.28 bits per heavy atom. The molecule has 1 aliphatic heterocycles. The third-order valence-corrected chi connectivity index (χ3v) is 4.65. The van der Waals surface area contributed by atoms with Gasteiger partial charge in [0.05, 0.1) is 5.69 Å². The number of fused-ring (bicyclic) bond motifs is 2. The monoisotopic (exact) mass is 376 g/mol. The van der Waals surface area contributed by atoms with Gasteiger partial charge in [0, 0.05) is 17.7 Å². The average Bonchev–Trinajstić information content (AvgIpc) is 3.18. The maximum Gasteiger partial charge on any atom is 0.330 e. The number of halogens is 1. The van der Waals surface area contributed by atoms with Gasteiger partial charge in [-0.2, -0.15) is 0 Å². The van der Waals surface area contributed by atoms with E-state index in [9.17, 15) is 4.79 Å². The summed E-state index contributed by atoms with van der Waals surface area (Å²) in [7, 11) is 0. The number of nitrogens with zero attached hydrogens (tertiary/aromatic N) is 2. The molecule has 128 valence electrons. The minimum atomic E-state index is -0.483. The third kappa shape index (κ3) is 3.33. The summed E-state index contributed by atoms with van der Waals surface area (Å²) in [6, 6.07) is 7.39. The summed E-state index contributed by atoms with van der Waals surface area (Å²) < 4.78 is 18.4. The highest BCUT2D eigenvalue weighted by Gasteiger charge is 2.21. The van der Waals surface area contributed by atoms with Gasteiger partial charge >= 0.3 is 5.97 Å². The Morgan fingerprint density at radius 3 is 3.16 bits per heavy atom. The number of para-hydroxylation sites is 2. The molecule has 25 heavy (non-hydrogen) atoms. The number of esters is 1. The first-order valence-corrected chi connectivity index (χ1v) is 8.81. The van der Waals surface area contributed by atoms with Gasteiger partial charge in [0.2, 0.25) is 0 Å². The van der Waals surface area contributed by atoms with E-state index in [2.05, 4.69) is 4.98 Å². The van der Waals surface area contributed by atoms with Crippen molar-refractivity contribution in [2.45, 2.75) is 6.10 Å². The lowest BCUT2D eigenvalue weighted by Crippen LogP contribution is -2.34. The summed E-state index contributed by atoms with van der Waals surface area (Å²) in [5.74, 6) is 0.861. The van der Waals surface area contributed by atoms with Crippen LogP contribution < -0.4 is 9.47 Å². The van der Waals surface area contributed by atoms with E-state index >= 15 is 0 Å². The Kier molecular flexibility index (Phi) is 4.33. The quantitative estimate of drug-likeness (QED) is 0.515. The Bertz CT molecular complexity index is 949. The van der Waals surface area contributed by atoms with Gasteiger partial charge in [-0.3, -0.25) is 4.40 Å². The molecule has 8 heteroatoms. The summed E-state index contributed by atoms with van der Waals surface area (Å²) in [5.41, 5.74) is 0.640. The maximum atomic E-state index is 11.9. The van der Waals surface area contributed by atoms with E-state index in [0.29, 0.717) is 29.0 Å². The first kappa shape index (κ1) is 16.0. The lowest BCUT2D eigenvalue weighted by molar-refractivity contribution is -0.140. The number of carbonyl (C=O) groups excluding carboxylic acids is 1. The van der Waals surface area contributed by atoms with Gasteiger partial charge in [-0.25, -0.2) is 9.78 Å². The zero-order valence-corrected chi connectivity index (χ0v) is 14.5. The van der Waals surface area contributed by atoms with Gasteiger partial charge in [-0.1, -0.05) is 23.7 Å². The molecule has 2 aromatic heterocycles. The van der Waals surface area contributed by atoms with Crippen molar-refractivity contribution in [3.8, 4) is 11.5 Å². The van der Waals surface area contributed by atoms with Crippen LogP contribution in [0.2, 0.25) is 5.15 Å². The van der Waals surface area contributed by atoms with Gasteiger partial charge in [0.1, 0.15) is 13.2 Å². The predicted molar refractivity (Wildman–Crippen MR) is 94.4 cm³/mol. The van der Waals surface area contributed by atoms with E-state index in [1.54, 1.807) is 6.08 Å². The molecular weight excluding hydrogens is 364 g/mol. The van der Waals surface area contributed by atoms with E-state index in [1.807, 2.05) is 40.2 Å². The van der Waals surface area contributed by atoms with Crippen molar-refractivity contribution in [1.29, 1.82) is 0 Å². The number of rotatable bonds is 4. The van der Waals surface area contributed by atoms with Crippen LogP contribution in [0, 0.1) is 0 Å². The van der Waals surface area contributed by atoms with E-state index in [1.165, 1.54) is 17.4 Å². The molecule has 0 aliphatic carbocycles. The fourth-order valence-corrected chi connectivity index (χ4v) is 3.45. The molecule has 1 aliphatic rings. The topological polar surface area (TPSA) is 62.1 Å². The van der Waals surface area contributed by atoms with Crippen LogP contribution >= 0.6 is 22.9 Å². The number of thiazole rings is 1. The van der Waals surface area contributed by atoms with Gasteiger partial charge in [-0.15, -0.1) is 11.3 Å². The van der Waals surface area contributed by atoms with E-state index in [-0.39, 0.29) is 12.7 Å². The number of hydrogen-bond acceptors (Lipinski definition) is 6. The van der Waals surface area contributed by atoms with Gasteiger partial charge in [0.25, 0.3) is 0 Å². The molecule has 0 fully saturated rings. The molecule has 0 saturated heterocycles. The van der Waals surface area contributed by atoms with E-state index in [0.717, 1.165) is 4.96 Å². The second kappa shape index (κ2) is 6.78. The van der Waals surface area contributed by atoms with Crippen molar-refractivity contribution in [2.24, 2.45) is 0 Å². The van der Waals surface area contributed by atoms with Crippen molar-refractivity contribution in [3.63, 3.8) is 0 Å². The van der Waals surface area contributed by atoms with Gasteiger partial charge < -0.3 is 14.2 Å². The first-order valence-electron chi connectivity index (χ1n) is 7.55. The molecule has 0 N–H and O–H groups in total. The predicted octanol–water partition coefficient (Wildman–Crippen LogP) is 3.45. The van der Waals surface area contributed by atoms with Crippen molar-refractivity contribution < 1.29 is 19.0 Å². The van der Waals surface area contributed by atoms with Crippen LogP contribution in [-0.4, -0.2) is 34.7 Å². The SMILES string of the molecule is O=C(C=Cc1c(Cl)nc2sccn12)OCC1COc2ccccc2O1. The number of benzene rings is 1. The summed E-state index contributed by atoms with van der Waals surface area (Å²) in [5, 5.41) is 2.24. The summed E-state index contributed by atoms with van der Waals surface area (Å²) in [6.07, 6.45) is 4.42. The Morgan fingerprint density at radius 1 is 1.44 bits per heavy atom. The molecule has 4 rings (SSSR count). The fourth-order valence-electron chi connectivity index (χ4n) is 2.44. The standard InChI is InChI=1S/C17H13ClN2O4S/c18-16-12(20-7-8-25-17(20)19-16)5-6-15(21)23-10-11-9-22-13-3-1-2-4-14(13)24-11/h1-8,11H,9-10H2. The van der Waals surface area contributed by atoms with E-state index < -0.39 is 5.97 Å². The van der Waals surface area contributed by atoms with Crippen LogP contribution in [0.1, 0.15) is 5.69 Å². The molecule has 1 atom stereocenters. The van der Waals surface area contributed by atoms with Gasteiger partial charge in [0.15, 0.2) is 27.7 Å². The lowest BCUT2D eigenvalue weighted by Gasteiger charge is -2.25. The highest BCUT2D eigenvalue weighted by molar-refractivity contribution is 7.15. The number of ether oxygens (including phenoxy) is 3. The van der Waals surface area contributed by atoms with Crippen LogP contribution in [0.15, 0.2) is 41.9 Å². The van der Waals surface area contributed by atoms with Crippen molar-refractivity contribution in [2.75, 3.05) is 13.2 Å². The lowest BCUT2D eigenvalue weighted by atomic mass is 10.3. The molecule has 0 amide bonds.